The van der Waals surface area contributed by atoms with Gasteiger partial charge in [-0.1, -0.05) is 0 Å². The third kappa shape index (κ3) is 5.45. The van der Waals surface area contributed by atoms with Crippen LogP contribution in [0.2, 0.25) is 0 Å². The molecule has 0 aliphatic heterocycles. The number of carbonyl (C=O) groups excluding carboxylic acids is 1. The lowest BCUT2D eigenvalue weighted by Crippen LogP contribution is -2.37. The van der Waals surface area contributed by atoms with Crippen LogP contribution in [-0.4, -0.2) is 52.6 Å². The number of rotatable bonds is 7. The van der Waals surface area contributed by atoms with Crippen LogP contribution in [0, 0.1) is 5.82 Å². The first kappa shape index (κ1) is 19.3. The zero-order chi connectivity index (χ0) is 17.6. The van der Waals surface area contributed by atoms with Crippen molar-refractivity contribution < 1.29 is 22.3 Å². The molecule has 0 aliphatic rings. The normalized spacial score (nSPS) is 13.0. The van der Waals surface area contributed by atoms with Crippen LogP contribution in [0.4, 0.5) is 14.9 Å². The molecule has 0 radical (unpaired) electrons. The zero-order valence-corrected chi connectivity index (χ0v) is 14.4. The summed E-state index contributed by atoms with van der Waals surface area (Å²) < 4.78 is 43.8. The number of nitrogens with one attached hydrogen (secondary N) is 2. The Hall–Kier alpha value is -1.71. The topological polar surface area (TPSA) is 87.7 Å². The molecule has 7 nitrogen and oxygen atoms in total. The van der Waals surface area contributed by atoms with Gasteiger partial charge in [-0.3, -0.25) is 0 Å². The number of benzene rings is 1. The van der Waals surface area contributed by atoms with E-state index in [0.717, 1.165) is 22.5 Å². The third-order valence-corrected chi connectivity index (χ3v) is 4.91. The second-order valence-electron chi connectivity index (χ2n) is 5.21. The van der Waals surface area contributed by atoms with Gasteiger partial charge in [0.15, 0.2) is 0 Å². The molecule has 0 spiro atoms. The highest BCUT2D eigenvalue weighted by Crippen LogP contribution is 2.21. The Balaban J connectivity index is 2.86. The number of amides is 2. The average Bonchev–Trinajstić information content (AvgIpc) is 2.46. The van der Waals surface area contributed by atoms with Crippen molar-refractivity contribution in [3.63, 3.8) is 0 Å². The number of hydrogen-bond donors (Lipinski definition) is 2. The van der Waals surface area contributed by atoms with E-state index in [2.05, 4.69) is 10.6 Å². The van der Waals surface area contributed by atoms with Crippen molar-refractivity contribution >= 4 is 21.7 Å². The van der Waals surface area contributed by atoms with Gasteiger partial charge in [-0.15, -0.1) is 0 Å². The first-order valence-electron chi connectivity index (χ1n) is 6.97. The molecule has 1 aromatic carbocycles. The van der Waals surface area contributed by atoms with E-state index in [4.69, 9.17) is 4.74 Å². The standard InChI is InChI=1S/C14H22FN3O4S/c1-10(7-8-22-4)16-14(19)17-13-9-11(5-6-12(13)15)23(20,21)18(2)3/h5-6,9-10H,7-8H2,1-4H3,(H2,16,17,19). The van der Waals surface area contributed by atoms with Crippen LogP contribution in [0.15, 0.2) is 23.1 Å². The minimum Gasteiger partial charge on any atom is -0.385 e. The van der Waals surface area contributed by atoms with Gasteiger partial charge >= 0.3 is 6.03 Å². The first-order chi connectivity index (χ1) is 10.7. The van der Waals surface area contributed by atoms with Crippen LogP contribution in [-0.2, 0) is 14.8 Å². The summed E-state index contributed by atoms with van der Waals surface area (Å²) in [6.45, 7) is 2.26. The lowest BCUT2D eigenvalue weighted by Gasteiger charge is -2.16. The predicted octanol–water partition coefficient (Wildman–Crippen LogP) is 1.62. The van der Waals surface area contributed by atoms with E-state index in [1.807, 2.05) is 0 Å². The van der Waals surface area contributed by atoms with E-state index >= 15 is 0 Å². The summed E-state index contributed by atoms with van der Waals surface area (Å²) in [4.78, 5) is 11.7. The molecule has 130 valence electrons. The highest BCUT2D eigenvalue weighted by molar-refractivity contribution is 7.89. The van der Waals surface area contributed by atoms with Gasteiger partial charge in [-0.2, -0.15) is 0 Å². The Bertz CT molecular complexity index is 649. The minimum absolute atomic E-state index is 0.105. The molecule has 2 amide bonds. The van der Waals surface area contributed by atoms with Gasteiger partial charge in [0.05, 0.1) is 10.6 Å². The van der Waals surface area contributed by atoms with E-state index in [0.29, 0.717) is 13.0 Å². The number of anilines is 1. The summed E-state index contributed by atoms with van der Waals surface area (Å²) in [6.07, 6.45) is 0.599. The van der Waals surface area contributed by atoms with Gasteiger partial charge in [0.2, 0.25) is 10.0 Å². The number of carbonyl (C=O) groups is 1. The molecule has 1 aromatic rings. The number of methoxy groups -OCH3 is 1. The van der Waals surface area contributed by atoms with Gasteiger partial charge in [-0.25, -0.2) is 21.9 Å². The molecule has 0 aliphatic carbocycles. The van der Waals surface area contributed by atoms with Gasteiger partial charge < -0.3 is 15.4 Å². The Kier molecular flexibility index (Phi) is 6.92. The number of sulfonamides is 1. The molecule has 23 heavy (non-hydrogen) atoms. The fraction of sp³-hybridized carbons (Fsp3) is 0.500. The van der Waals surface area contributed by atoms with Crippen LogP contribution in [0.3, 0.4) is 0 Å². The van der Waals surface area contributed by atoms with E-state index in [-0.39, 0.29) is 16.6 Å². The van der Waals surface area contributed by atoms with Crippen molar-refractivity contribution in [2.75, 3.05) is 33.1 Å². The van der Waals surface area contributed by atoms with Crippen LogP contribution in [0.25, 0.3) is 0 Å². The lowest BCUT2D eigenvalue weighted by molar-refractivity contribution is 0.185. The van der Waals surface area contributed by atoms with E-state index < -0.39 is 21.9 Å². The molecular formula is C14H22FN3O4S. The van der Waals surface area contributed by atoms with E-state index in [1.54, 1.807) is 14.0 Å². The quantitative estimate of drug-likeness (QED) is 0.785. The van der Waals surface area contributed by atoms with Crippen molar-refractivity contribution in [3.05, 3.63) is 24.0 Å². The van der Waals surface area contributed by atoms with Gasteiger partial charge in [-0.05, 0) is 31.5 Å². The molecule has 1 rings (SSSR count). The fourth-order valence-electron chi connectivity index (χ4n) is 1.72. The molecule has 0 aromatic heterocycles. The Labute approximate surface area is 135 Å². The van der Waals surface area contributed by atoms with Crippen molar-refractivity contribution in [3.8, 4) is 0 Å². The Morgan fingerprint density at radius 1 is 1.39 bits per heavy atom. The molecule has 1 unspecified atom stereocenters. The van der Waals surface area contributed by atoms with Crippen LogP contribution >= 0.6 is 0 Å². The average molecular weight is 347 g/mol. The second kappa shape index (κ2) is 8.23. The van der Waals surface area contributed by atoms with Gasteiger partial charge in [0, 0.05) is 33.9 Å². The lowest BCUT2D eigenvalue weighted by atomic mass is 10.2. The zero-order valence-electron chi connectivity index (χ0n) is 13.6. The second-order valence-corrected chi connectivity index (χ2v) is 7.36. The first-order valence-corrected chi connectivity index (χ1v) is 8.41. The third-order valence-electron chi connectivity index (χ3n) is 3.10. The SMILES string of the molecule is COCCC(C)NC(=O)Nc1cc(S(=O)(=O)N(C)C)ccc1F. The number of hydrogen-bond acceptors (Lipinski definition) is 4. The summed E-state index contributed by atoms with van der Waals surface area (Å²) in [5.41, 5.74) is -0.204. The number of halogens is 1. The highest BCUT2D eigenvalue weighted by Gasteiger charge is 2.19. The molecule has 0 heterocycles. The fourth-order valence-corrected chi connectivity index (χ4v) is 2.65. The molecular weight excluding hydrogens is 325 g/mol. The summed E-state index contributed by atoms with van der Waals surface area (Å²) in [6, 6.07) is 2.44. The summed E-state index contributed by atoms with van der Waals surface area (Å²) in [5, 5.41) is 4.93. The van der Waals surface area contributed by atoms with Crippen LogP contribution in [0.5, 0.6) is 0 Å². The Morgan fingerprint density at radius 2 is 2.04 bits per heavy atom. The molecule has 0 bridgehead atoms. The van der Waals surface area contributed by atoms with Crippen LogP contribution < -0.4 is 10.6 Å². The summed E-state index contributed by atoms with van der Waals surface area (Å²) in [7, 11) is 0.588. The summed E-state index contributed by atoms with van der Waals surface area (Å²) >= 11 is 0. The monoisotopic (exact) mass is 347 g/mol. The maximum absolute atomic E-state index is 13.8. The van der Waals surface area contributed by atoms with Crippen molar-refractivity contribution in [1.82, 2.24) is 9.62 Å². The van der Waals surface area contributed by atoms with Crippen molar-refractivity contribution in [1.29, 1.82) is 0 Å². The van der Waals surface area contributed by atoms with Gasteiger partial charge in [0.25, 0.3) is 0 Å². The van der Waals surface area contributed by atoms with E-state index in [9.17, 15) is 17.6 Å². The number of nitrogens with zero attached hydrogens (tertiary/aromatic N) is 1. The van der Waals surface area contributed by atoms with E-state index in [1.165, 1.54) is 14.1 Å². The highest BCUT2D eigenvalue weighted by atomic mass is 32.2. The largest absolute Gasteiger partial charge is 0.385 e. The minimum atomic E-state index is -3.71. The van der Waals surface area contributed by atoms with Crippen molar-refractivity contribution in [2.45, 2.75) is 24.3 Å². The molecule has 0 saturated heterocycles. The van der Waals surface area contributed by atoms with Crippen molar-refractivity contribution in [2.24, 2.45) is 0 Å². The summed E-state index contributed by atoms with van der Waals surface area (Å²) in [5.74, 6) is -0.720. The van der Waals surface area contributed by atoms with Gasteiger partial charge in [0.1, 0.15) is 5.82 Å². The number of ether oxygens (including phenoxy) is 1. The smallest absolute Gasteiger partial charge is 0.319 e. The molecule has 1 atom stereocenters. The Morgan fingerprint density at radius 3 is 2.61 bits per heavy atom. The maximum Gasteiger partial charge on any atom is 0.319 e. The molecule has 0 fully saturated rings. The number of urea groups is 1. The molecule has 0 saturated carbocycles. The maximum atomic E-state index is 13.8. The molecule has 2 N–H and O–H groups in total. The predicted molar refractivity (Wildman–Crippen MR) is 85.4 cm³/mol. The molecule has 9 heteroatoms. The van der Waals surface area contributed by atoms with Crippen LogP contribution in [0.1, 0.15) is 13.3 Å².